The number of hydrogen-bond acceptors (Lipinski definition) is 6. The van der Waals surface area contributed by atoms with E-state index in [-0.39, 0.29) is 11.6 Å². The molecule has 2 fully saturated rings. The third-order valence-electron chi connectivity index (χ3n) is 7.84. The molecule has 0 unspecified atom stereocenters. The topological polar surface area (TPSA) is 74.9 Å². The molecule has 0 amide bonds. The van der Waals surface area contributed by atoms with Crippen LogP contribution < -0.4 is 0 Å². The van der Waals surface area contributed by atoms with Gasteiger partial charge in [0, 0.05) is 59.1 Å². The van der Waals surface area contributed by atoms with Crippen LogP contribution >= 0.6 is 0 Å². The van der Waals surface area contributed by atoms with Gasteiger partial charge in [0.05, 0.1) is 37.5 Å². The van der Waals surface area contributed by atoms with Crippen molar-refractivity contribution in [2.45, 2.75) is 38.8 Å². The Balaban J connectivity index is 1.49. The molecule has 186 valence electrons. The zero-order chi connectivity index (χ0) is 24.8. The van der Waals surface area contributed by atoms with E-state index in [9.17, 15) is 9.59 Å². The zero-order valence-electron chi connectivity index (χ0n) is 21.1. The van der Waals surface area contributed by atoms with Gasteiger partial charge in [0.1, 0.15) is 0 Å². The van der Waals surface area contributed by atoms with Crippen molar-refractivity contribution in [3.63, 3.8) is 0 Å². The predicted molar refractivity (Wildman–Crippen MR) is 137 cm³/mol. The number of benzene rings is 2. The minimum absolute atomic E-state index is 0.0938. The summed E-state index contributed by atoms with van der Waals surface area (Å²) in [7, 11) is 0. The molecule has 0 aliphatic carbocycles. The van der Waals surface area contributed by atoms with Crippen molar-refractivity contribution in [1.82, 2.24) is 14.8 Å². The molecule has 0 spiro atoms. The number of hydrogen-bond donors (Lipinski definition) is 1. The van der Waals surface area contributed by atoms with Crippen LogP contribution in [0.15, 0.2) is 36.4 Å². The standard InChI is InChI=1S/C28H35N3O4/c1-27(2,30-9-13-34-14-10-30)25(32)19-5-7-23-21(17-19)22-18-20(6-8-24(22)29-23)26(33)28(3,4)31-11-15-35-16-12-31/h5-8,17-18,29H,9-16H2,1-4H3. The normalized spacial score (nSPS) is 18.9. The van der Waals surface area contributed by atoms with E-state index in [0.29, 0.717) is 37.6 Å². The number of Topliss-reactive ketones (excluding diaryl/α,β-unsaturated/α-hetero) is 2. The Kier molecular flexibility index (Phi) is 6.30. The number of ether oxygens (including phenoxy) is 2. The number of aromatic nitrogens is 1. The quantitative estimate of drug-likeness (QED) is 0.543. The van der Waals surface area contributed by atoms with Gasteiger partial charge in [-0.1, -0.05) is 0 Å². The van der Waals surface area contributed by atoms with E-state index in [2.05, 4.69) is 14.8 Å². The van der Waals surface area contributed by atoms with Gasteiger partial charge >= 0.3 is 0 Å². The number of ketones is 2. The molecule has 2 aliphatic rings. The maximum atomic E-state index is 13.6. The third-order valence-corrected chi connectivity index (χ3v) is 7.84. The molecule has 0 atom stereocenters. The highest BCUT2D eigenvalue weighted by atomic mass is 16.5. The highest BCUT2D eigenvalue weighted by molar-refractivity contribution is 6.14. The highest BCUT2D eigenvalue weighted by Gasteiger charge is 2.37. The van der Waals surface area contributed by atoms with Gasteiger partial charge in [0.2, 0.25) is 0 Å². The molecule has 7 nitrogen and oxygen atoms in total. The van der Waals surface area contributed by atoms with Crippen LogP contribution in [0.2, 0.25) is 0 Å². The Bertz CT molecular complexity index is 1170. The number of nitrogens with zero attached hydrogens (tertiary/aromatic N) is 2. The Labute approximate surface area is 206 Å². The monoisotopic (exact) mass is 477 g/mol. The number of rotatable bonds is 6. The fraction of sp³-hybridized carbons (Fsp3) is 0.500. The summed E-state index contributed by atoms with van der Waals surface area (Å²) in [5, 5.41) is 1.92. The first kappa shape index (κ1) is 24.1. The van der Waals surface area contributed by atoms with E-state index in [1.807, 2.05) is 64.1 Å². The molecule has 7 heteroatoms. The van der Waals surface area contributed by atoms with Gasteiger partial charge in [0.25, 0.3) is 0 Å². The van der Waals surface area contributed by atoms with Crippen molar-refractivity contribution in [1.29, 1.82) is 0 Å². The first-order valence-corrected chi connectivity index (χ1v) is 12.5. The molecule has 3 heterocycles. The van der Waals surface area contributed by atoms with Gasteiger partial charge in [-0.15, -0.1) is 0 Å². The van der Waals surface area contributed by atoms with Gasteiger partial charge in [-0.25, -0.2) is 0 Å². The number of H-pyrrole nitrogens is 1. The maximum Gasteiger partial charge on any atom is 0.182 e. The Morgan fingerprint density at radius 1 is 0.686 bits per heavy atom. The average molecular weight is 478 g/mol. The summed E-state index contributed by atoms with van der Waals surface area (Å²) in [5.74, 6) is 0.188. The summed E-state index contributed by atoms with van der Waals surface area (Å²) in [6, 6.07) is 11.7. The molecule has 1 aromatic heterocycles. The van der Waals surface area contributed by atoms with Gasteiger partial charge < -0.3 is 14.5 Å². The summed E-state index contributed by atoms with van der Waals surface area (Å²) in [5.41, 5.74) is 2.04. The van der Waals surface area contributed by atoms with Crippen LogP contribution in [0.25, 0.3) is 21.8 Å². The number of carbonyl (C=O) groups excluding carboxylic acids is 2. The fourth-order valence-corrected chi connectivity index (χ4v) is 5.42. The van der Waals surface area contributed by atoms with Crippen LogP contribution in [0.3, 0.4) is 0 Å². The molecule has 1 N–H and O–H groups in total. The molecule has 0 radical (unpaired) electrons. The van der Waals surface area contributed by atoms with Crippen LogP contribution in [0.4, 0.5) is 0 Å². The first-order chi connectivity index (χ1) is 16.7. The molecular weight excluding hydrogens is 442 g/mol. The van der Waals surface area contributed by atoms with Crippen molar-refractivity contribution in [2.75, 3.05) is 52.6 Å². The summed E-state index contributed by atoms with van der Waals surface area (Å²) in [6.45, 7) is 13.6. The number of nitrogens with one attached hydrogen (secondary N) is 1. The van der Waals surface area contributed by atoms with Crippen molar-refractivity contribution < 1.29 is 19.1 Å². The van der Waals surface area contributed by atoms with Crippen LogP contribution in [0.5, 0.6) is 0 Å². The lowest BCUT2D eigenvalue weighted by Crippen LogP contribution is -2.54. The first-order valence-electron chi connectivity index (χ1n) is 12.5. The Morgan fingerprint density at radius 3 is 1.43 bits per heavy atom. The minimum Gasteiger partial charge on any atom is -0.379 e. The summed E-state index contributed by atoms with van der Waals surface area (Å²) < 4.78 is 10.9. The highest BCUT2D eigenvalue weighted by Crippen LogP contribution is 2.31. The van der Waals surface area contributed by atoms with E-state index in [0.717, 1.165) is 48.0 Å². The lowest BCUT2D eigenvalue weighted by Gasteiger charge is -2.39. The predicted octanol–water partition coefficient (Wildman–Crippen LogP) is 3.91. The molecule has 0 saturated carbocycles. The van der Waals surface area contributed by atoms with E-state index >= 15 is 0 Å². The molecule has 0 bridgehead atoms. The second kappa shape index (κ2) is 9.13. The van der Waals surface area contributed by atoms with Crippen LogP contribution in [0.1, 0.15) is 48.4 Å². The number of morpholine rings is 2. The molecule has 2 aromatic carbocycles. The van der Waals surface area contributed by atoms with Crippen molar-refractivity contribution in [2.24, 2.45) is 0 Å². The van der Waals surface area contributed by atoms with Crippen LogP contribution in [0, 0.1) is 0 Å². The lowest BCUT2D eigenvalue weighted by atomic mass is 9.89. The van der Waals surface area contributed by atoms with Crippen molar-refractivity contribution in [3.8, 4) is 0 Å². The molecular formula is C28H35N3O4. The third kappa shape index (κ3) is 4.31. The largest absolute Gasteiger partial charge is 0.379 e. The van der Waals surface area contributed by atoms with Crippen LogP contribution in [-0.2, 0) is 9.47 Å². The van der Waals surface area contributed by atoms with Gasteiger partial charge in [0.15, 0.2) is 11.6 Å². The summed E-state index contributed by atoms with van der Waals surface area (Å²) >= 11 is 0. The second-order valence-corrected chi connectivity index (χ2v) is 10.6. The Hall–Kier alpha value is -2.58. The van der Waals surface area contributed by atoms with E-state index in [4.69, 9.17) is 9.47 Å². The smallest absolute Gasteiger partial charge is 0.182 e. The number of aromatic amines is 1. The SMILES string of the molecule is CC(C)(C(=O)c1ccc2[nH]c3ccc(C(=O)C(C)(C)N4CCOCC4)cc3c2c1)N1CCOCC1. The average Bonchev–Trinajstić information content (AvgIpc) is 3.26. The van der Waals surface area contributed by atoms with E-state index < -0.39 is 11.1 Å². The lowest BCUT2D eigenvalue weighted by molar-refractivity contribution is -0.00442. The van der Waals surface area contributed by atoms with E-state index in [1.165, 1.54) is 0 Å². The molecule has 3 aromatic rings. The Morgan fingerprint density at radius 2 is 1.06 bits per heavy atom. The van der Waals surface area contributed by atoms with Crippen LogP contribution in [-0.4, -0.2) is 90.0 Å². The summed E-state index contributed by atoms with van der Waals surface area (Å²) in [6.07, 6.45) is 0. The number of carbonyl (C=O) groups is 2. The van der Waals surface area contributed by atoms with Crippen molar-refractivity contribution in [3.05, 3.63) is 47.5 Å². The molecule has 35 heavy (non-hydrogen) atoms. The summed E-state index contributed by atoms with van der Waals surface area (Å²) in [4.78, 5) is 35.0. The van der Waals surface area contributed by atoms with Gasteiger partial charge in [-0.05, 0) is 64.1 Å². The fourth-order valence-electron chi connectivity index (χ4n) is 5.42. The second-order valence-electron chi connectivity index (χ2n) is 10.6. The number of fused-ring (bicyclic) bond motifs is 3. The molecule has 2 aliphatic heterocycles. The van der Waals surface area contributed by atoms with E-state index in [1.54, 1.807) is 0 Å². The zero-order valence-corrected chi connectivity index (χ0v) is 21.1. The van der Waals surface area contributed by atoms with Gasteiger partial charge in [-0.3, -0.25) is 19.4 Å². The maximum absolute atomic E-state index is 13.6. The van der Waals surface area contributed by atoms with Gasteiger partial charge in [-0.2, -0.15) is 0 Å². The molecule has 5 rings (SSSR count). The minimum atomic E-state index is -0.618. The van der Waals surface area contributed by atoms with Crippen molar-refractivity contribution >= 4 is 33.4 Å². The molecule has 2 saturated heterocycles.